The third kappa shape index (κ3) is 3.08. The van der Waals surface area contributed by atoms with Crippen LogP contribution in [0.15, 0.2) is 24.4 Å². The van der Waals surface area contributed by atoms with Crippen LogP contribution in [0.3, 0.4) is 0 Å². The van der Waals surface area contributed by atoms with Crippen LogP contribution >= 0.6 is 11.6 Å². The van der Waals surface area contributed by atoms with Crippen LogP contribution in [0.25, 0.3) is 16.8 Å². The second-order valence-electron chi connectivity index (χ2n) is 7.13. The zero-order valence-corrected chi connectivity index (χ0v) is 16.8. The predicted molar refractivity (Wildman–Crippen MR) is 108 cm³/mol. The van der Waals surface area contributed by atoms with Gasteiger partial charge in [-0.3, -0.25) is 0 Å². The second kappa shape index (κ2) is 6.84. The summed E-state index contributed by atoms with van der Waals surface area (Å²) in [6, 6.07) is 6.34. The fraction of sp³-hybridized carbons (Fsp3) is 0.409. The zero-order valence-electron chi connectivity index (χ0n) is 16.1. The van der Waals surface area contributed by atoms with E-state index in [9.17, 15) is 0 Å². The Bertz CT molecular complexity index is 910. The van der Waals surface area contributed by atoms with E-state index in [0.29, 0.717) is 5.92 Å². The van der Waals surface area contributed by atoms with Gasteiger partial charge in [0.05, 0.1) is 0 Å². The molecule has 25 heavy (non-hydrogen) atoms. The summed E-state index contributed by atoms with van der Waals surface area (Å²) in [6.45, 7) is 13.1. The summed E-state index contributed by atoms with van der Waals surface area (Å²) < 4.78 is 2.31. The van der Waals surface area contributed by atoms with E-state index in [2.05, 4.69) is 58.2 Å². The number of hydrogen-bond donors (Lipinski definition) is 0. The fourth-order valence-electron chi connectivity index (χ4n) is 4.04. The molecule has 0 fully saturated rings. The average molecular weight is 355 g/mol. The lowest BCUT2D eigenvalue weighted by Crippen LogP contribution is -2.05. The van der Waals surface area contributed by atoms with Gasteiger partial charge in [-0.2, -0.15) is 0 Å². The number of fused-ring (bicyclic) bond motifs is 1. The van der Waals surface area contributed by atoms with Gasteiger partial charge in [0.25, 0.3) is 0 Å². The number of hydrogen-bond acceptors (Lipinski definition) is 1. The van der Waals surface area contributed by atoms with E-state index in [4.69, 9.17) is 16.6 Å². The molecule has 0 radical (unpaired) electrons. The number of aromatic nitrogens is 2. The van der Waals surface area contributed by atoms with Crippen molar-refractivity contribution in [1.29, 1.82) is 0 Å². The average Bonchev–Trinajstić information content (AvgIpc) is 2.84. The summed E-state index contributed by atoms with van der Waals surface area (Å²) in [4.78, 5) is 4.92. The lowest BCUT2D eigenvalue weighted by atomic mass is 9.95. The van der Waals surface area contributed by atoms with Crippen LogP contribution < -0.4 is 0 Å². The van der Waals surface area contributed by atoms with E-state index in [0.717, 1.165) is 29.2 Å². The molecule has 0 amide bonds. The molecule has 0 aliphatic rings. The van der Waals surface area contributed by atoms with Crippen molar-refractivity contribution in [3.05, 3.63) is 57.5 Å². The molecule has 0 aliphatic carbocycles. The number of halogens is 1. The number of rotatable bonds is 4. The second-order valence-corrected chi connectivity index (χ2v) is 7.57. The number of benzene rings is 1. The van der Waals surface area contributed by atoms with Gasteiger partial charge in [0.2, 0.25) is 0 Å². The van der Waals surface area contributed by atoms with Gasteiger partial charge in [-0.25, -0.2) is 4.98 Å². The van der Waals surface area contributed by atoms with Crippen LogP contribution in [0.4, 0.5) is 0 Å². The zero-order chi connectivity index (χ0) is 18.3. The van der Waals surface area contributed by atoms with Gasteiger partial charge >= 0.3 is 0 Å². The van der Waals surface area contributed by atoms with Gasteiger partial charge in [0.15, 0.2) is 0 Å². The Labute approximate surface area is 155 Å². The summed E-state index contributed by atoms with van der Waals surface area (Å²) in [5.41, 5.74) is 9.68. The van der Waals surface area contributed by atoms with Crippen molar-refractivity contribution in [3.8, 4) is 11.1 Å². The van der Waals surface area contributed by atoms with Gasteiger partial charge in [0.1, 0.15) is 5.65 Å². The summed E-state index contributed by atoms with van der Waals surface area (Å²) in [6.07, 6.45) is 4.53. The highest BCUT2D eigenvalue weighted by Crippen LogP contribution is 2.37. The molecule has 3 heteroatoms. The minimum absolute atomic E-state index is 0.552. The van der Waals surface area contributed by atoms with Gasteiger partial charge in [0, 0.05) is 28.2 Å². The Morgan fingerprint density at radius 3 is 2.08 bits per heavy atom. The molecule has 0 saturated heterocycles. The van der Waals surface area contributed by atoms with Crippen LogP contribution in [0.1, 0.15) is 60.7 Å². The molecular weight excluding hydrogens is 328 g/mol. The molecule has 0 saturated carbocycles. The molecule has 1 aromatic carbocycles. The van der Waals surface area contributed by atoms with Crippen LogP contribution in [0, 0.1) is 27.7 Å². The maximum atomic E-state index is 6.25. The Balaban J connectivity index is 2.37. The monoisotopic (exact) mass is 354 g/mol. The topological polar surface area (TPSA) is 17.3 Å². The lowest BCUT2D eigenvalue weighted by Gasteiger charge is -2.17. The number of aryl methyl sites for hydroxylation is 4. The van der Waals surface area contributed by atoms with E-state index >= 15 is 0 Å². The highest BCUT2D eigenvalue weighted by Gasteiger charge is 2.20. The molecule has 3 aromatic rings. The van der Waals surface area contributed by atoms with Gasteiger partial charge in [-0.1, -0.05) is 25.4 Å². The molecular formula is C22H27ClN2. The van der Waals surface area contributed by atoms with Crippen LogP contribution in [0.5, 0.6) is 0 Å². The highest BCUT2D eigenvalue weighted by atomic mass is 35.5. The number of nitrogens with zero attached hydrogens (tertiary/aromatic N) is 2. The normalized spacial score (nSPS) is 11.7. The molecule has 0 atom stereocenters. The fourth-order valence-corrected chi connectivity index (χ4v) is 4.37. The first-order valence-corrected chi connectivity index (χ1v) is 9.51. The molecule has 0 aliphatic heterocycles. The summed E-state index contributed by atoms with van der Waals surface area (Å²) >= 11 is 6.25. The summed E-state index contributed by atoms with van der Waals surface area (Å²) in [5.74, 6) is 0.552. The molecule has 2 heterocycles. The molecule has 0 spiro atoms. The molecule has 3 rings (SSSR count). The lowest BCUT2D eigenvalue weighted by molar-refractivity contribution is 0.613. The van der Waals surface area contributed by atoms with Crippen LogP contribution in [-0.4, -0.2) is 9.38 Å². The molecule has 0 bridgehead atoms. The predicted octanol–water partition coefficient (Wildman–Crippen LogP) is 6.79. The third-order valence-electron chi connectivity index (χ3n) is 5.24. The van der Waals surface area contributed by atoms with E-state index in [-0.39, 0.29) is 0 Å². The van der Waals surface area contributed by atoms with Gasteiger partial charge in [-0.05, 0) is 86.9 Å². The maximum absolute atomic E-state index is 6.25. The third-order valence-corrected chi connectivity index (χ3v) is 5.46. The van der Waals surface area contributed by atoms with Gasteiger partial charge in [-0.15, -0.1) is 0 Å². The molecule has 0 unspecified atom stereocenters. The van der Waals surface area contributed by atoms with E-state index in [1.54, 1.807) is 0 Å². The maximum Gasteiger partial charge on any atom is 0.145 e. The van der Waals surface area contributed by atoms with Crippen LogP contribution in [0.2, 0.25) is 5.02 Å². The molecule has 0 N–H and O–H groups in total. The summed E-state index contributed by atoms with van der Waals surface area (Å²) in [7, 11) is 0. The van der Waals surface area contributed by atoms with E-state index in [1.165, 1.54) is 33.5 Å². The first-order chi connectivity index (χ1) is 11.9. The minimum atomic E-state index is 0.552. The largest absolute Gasteiger partial charge is 0.304 e. The Morgan fingerprint density at radius 2 is 1.52 bits per heavy atom. The Hall–Kier alpha value is -1.80. The van der Waals surface area contributed by atoms with E-state index in [1.807, 2.05) is 12.1 Å². The Morgan fingerprint density at radius 1 is 0.920 bits per heavy atom. The minimum Gasteiger partial charge on any atom is -0.304 e. The highest BCUT2D eigenvalue weighted by molar-refractivity contribution is 6.30. The van der Waals surface area contributed by atoms with Crippen molar-refractivity contribution in [1.82, 2.24) is 9.38 Å². The molecule has 132 valence electrons. The van der Waals surface area contributed by atoms with Crippen molar-refractivity contribution < 1.29 is 0 Å². The van der Waals surface area contributed by atoms with Crippen molar-refractivity contribution in [3.63, 3.8) is 0 Å². The molecule has 2 nitrogen and oxygen atoms in total. The van der Waals surface area contributed by atoms with E-state index < -0.39 is 0 Å². The van der Waals surface area contributed by atoms with Crippen molar-refractivity contribution in [2.24, 2.45) is 0 Å². The SMILES string of the molecule is CCC(CC)c1cc(C)nc2c(-c3c(C)cc(Cl)cc3C)c(C)cn12. The van der Waals surface area contributed by atoms with Crippen molar-refractivity contribution >= 4 is 17.2 Å². The van der Waals surface area contributed by atoms with Crippen molar-refractivity contribution in [2.75, 3.05) is 0 Å². The van der Waals surface area contributed by atoms with Crippen molar-refractivity contribution in [2.45, 2.75) is 60.3 Å². The standard InChI is InChI=1S/C22H27ClN2/c1-7-17(8-2)19-11-16(6)24-22-21(15(5)12-25(19)22)20-13(3)9-18(23)10-14(20)4/h9-12,17H,7-8H2,1-6H3. The van der Waals surface area contributed by atoms with Crippen LogP contribution in [-0.2, 0) is 0 Å². The quantitative estimate of drug-likeness (QED) is 0.504. The smallest absolute Gasteiger partial charge is 0.145 e. The Kier molecular flexibility index (Phi) is 4.92. The first-order valence-electron chi connectivity index (χ1n) is 9.13. The molecule has 2 aromatic heterocycles. The first kappa shape index (κ1) is 18.0. The van der Waals surface area contributed by atoms with Gasteiger partial charge < -0.3 is 4.40 Å². The summed E-state index contributed by atoms with van der Waals surface area (Å²) in [5, 5.41) is 0.793.